The fourth-order valence-corrected chi connectivity index (χ4v) is 3.53. The molecule has 2 rings (SSSR count). The maximum atomic E-state index is 12.1. The van der Waals surface area contributed by atoms with Crippen LogP contribution in [0.1, 0.15) is 15.9 Å². The van der Waals surface area contributed by atoms with Gasteiger partial charge in [-0.25, -0.2) is 4.79 Å². The van der Waals surface area contributed by atoms with Crippen LogP contribution in [0.4, 0.5) is 0 Å². The lowest BCUT2D eigenvalue weighted by Crippen LogP contribution is -2.22. The van der Waals surface area contributed by atoms with Gasteiger partial charge in [0.15, 0.2) is 0 Å². The van der Waals surface area contributed by atoms with Crippen molar-refractivity contribution in [1.29, 1.82) is 0 Å². The van der Waals surface area contributed by atoms with E-state index >= 15 is 0 Å². The second-order valence-electron chi connectivity index (χ2n) is 7.28. The minimum Gasteiger partial charge on any atom is -0.465 e. The number of rotatable bonds is 6. The largest absolute Gasteiger partial charge is 0.465 e. The molecule has 0 spiro atoms. The molecule has 0 fully saturated rings. The Hall–Kier alpha value is -1.53. The number of benzene rings is 1. The molecule has 6 heteroatoms. The van der Waals surface area contributed by atoms with Crippen LogP contribution >= 0.6 is 0 Å². The number of carbonyl (C=O) groups excluding carboxylic acids is 1. The van der Waals surface area contributed by atoms with Gasteiger partial charge in [0.05, 0.1) is 18.2 Å². The molecule has 0 unspecified atom stereocenters. The van der Waals surface area contributed by atoms with Crippen molar-refractivity contribution in [2.75, 3.05) is 13.7 Å². The van der Waals surface area contributed by atoms with Gasteiger partial charge in [0, 0.05) is 20.9 Å². The summed E-state index contributed by atoms with van der Waals surface area (Å²) in [5.74, 6) is -0.309. The fourth-order valence-electron chi connectivity index (χ4n) is 2.77. The van der Waals surface area contributed by atoms with E-state index in [1.54, 1.807) is 0 Å². The number of hydrogen-bond acceptors (Lipinski definition) is 3. The summed E-state index contributed by atoms with van der Waals surface area (Å²) in [6.45, 7) is 10.3. The molecule has 0 saturated carbocycles. The Morgan fingerprint density at radius 3 is 2.61 bits per heavy atom. The monoisotopic (exact) mass is 331 g/mol. The third-order valence-electron chi connectivity index (χ3n) is 4.05. The van der Waals surface area contributed by atoms with Crippen LogP contribution in [0.3, 0.4) is 0 Å². The smallest absolute Gasteiger partial charge is 0.340 e. The van der Waals surface area contributed by atoms with Crippen LogP contribution in [-0.4, -0.2) is 40.2 Å². The van der Waals surface area contributed by atoms with Gasteiger partial charge >= 0.3 is 5.97 Å². The Bertz CT molecular complexity index is 719. The highest BCUT2D eigenvalue weighted by atomic mass is 28.3. The Kier molecular flexibility index (Phi) is 5.37. The van der Waals surface area contributed by atoms with Gasteiger partial charge in [0.25, 0.3) is 0 Å². The Balaban J connectivity index is 2.33. The van der Waals surface area contributed by atoms with Crippen LogP contribution in [0.2, 0.25) is 25.7 Å². The molecule has 0 N–H and O–H groups in total. The molecule has 23 heavy (non-hydrogen) atoms. The average molecular weight is 331 g/mol. The zero-order valence-electron chi connectivity index (χ0n) is 15.0. The number of aryl methyl sites for hydroxylation is 1. The van der Waals surface area contributed by atoms with E-state index in [0.717, 1.165) is 34.6 Å². The van der Waals surface area contributed by atoms with E-state index in [9.17, 15) is 4.79 Å². The molecule has 0 radical (unpaired) electrons. The quantitative estimate of drug-likeness (QED) is 0.463. The Labute approximate surface area is 140 Å². The molecular weight excluding hydrogens is 305 g/mol. The van der Waals surface area contributed by atoms with Gasteiger partial charge in [-0.1, -0.05) is 31.2 Å². The van der Waals surface area contributed by atoms with Gasteiger partial charge in [-0.3, -0.25) is 0 Å². The van der Waals surface area contributed by atoms with Gasteiger partial charge in [-0.2, -0.15) is 0 Å². The molecule has 0 amide bonds. The first-order valence-electron chi connectivity index (χ1n) is 7.99. The van der Waals surface area contributed by atoms with Crippen molar-refractivity contribution in [3.8, 4) is 0 Å². The molecule has 1 heterocycles. The van der Waals surface area contributed by atoms with Crippen LogP contribution < -0.4 is 5.46 Å². The first kappa shape index (κ1) is 17.8. The third-order valence-corrected chi connectivity index (χ3v) is 5.75. The zero-order chi connectivity index (χ0) is 17.2. The highest BCUT2D eigenvalue weighted by Gasteiger charge is 2.18. The topological polar surface area (TPSA) is 40.5 Å². The minimum absolute atomic E-state index is 0.309. The first-order chi connectivity index (χ1) is 10.7. The van der Waals surface area contributed by atoms with E-state index in [1.807, 2.05) is 16.7 Å². The van der Waals surface area contributed by atoms with Crippen LogP contribution in [0.25, 0.3) is 10.9 Å². The predicted molar refractivity (Wildman–Crippen MR) is 100 cm³/mol. The van der Waals surface area contributed by atoms with Crippen molar-refractivity contribution in [3.05, 3.63) is 29.5 Å². The summed E-state index contributed by atoms with van der Waals surface area (Å²) < 4.78 is 12.8. The van der Waals surface area contributed by atoms with Crippen molar-refractivity contribution < 1.29 is 14.3 Å². The standard InChI is InChI=1S/C17H26BNO3Si/c1-12-10-19(11-22-8-9-23(3,4)5)16-13(17(20)21-2)6-7-14(18)15(12)16/h6-7,10H,8-9,11,18H2,1-5H3. The number of nitrogens with zero attached hydrogens (tertiary/aromatic N) is 1. The van der Waals surface area contributed by atoms with E-state index in [-0.39, 0.29) is 5.97 Å². The average Bonchev–Trinajstić information content (AvgIpc) is 2.80. The van der Waals surface area contributed by atoms with Crippen LogP contribution in [0.5, 0.6) is 0 Å². The molecule has 2 aromatic rings. The highest BCUT2D eigenvalue weighted by Crippen LogP contribution is 2.23. The van der Waals surface area contributed by atoms with E-state index < -0.39 is 8.07 Å². The third kappa shape index (κ3) is 4.06. The number of methoxy groups -OCH3 is 1. The lowest BCUT2D eigenvalue weighted by Gasteiger charge is -2.16. The molecule has 4 nitrogen and oxygen atoms in total. The van der Waals surface area contributed by atoms with Crippen molar-refractivity contribution in [1.82, 2.24) is 4.57 Å². The number of fused-ring (bicyclic) bond motifs is 1. The maximum absolute atomic E-state index is 12.1. The molecule has 0 bridgehead atoms. The molecule has 0 aliphatic carbocycles. The molecule has 1 aromatic heterocycles. The molecule has 0 atom stereocenters. The van der Waals surface area contributed by atoms with Crippen molar-refractivity contribution in [2.24, 2.45) is 0 Å². The summed E-state index contributed by atoms with van der Waals surface area (Å²) in [7, 11) is 2.38. The van der Waals surface area contributed by atoms with Crippen LogP contribution in [0, 0.1) is 6.92 Å². The normalized spacial score (nSPS) is 11.9. The summed E-state index contributed by atoms with van der Waals surface area (Å²) in [4.78, 5) is 12.1. The first-order valence-corrected chi connectivity index (χ1v) is 11.7. The lowest BCUT2D eigenvalue weighted by molar-refractivity contribution is 0.0601. The number of carbonyl (C=O) groups is 1. The lowest BCUT2D eigenvalue weighted by atomic mass is 9.89. The summed E-state index contributed by atoms with van der Waals surface area (Å²) in [6.07, 6.45) is 2.05. The second kappa shape index (κ2) is 6.93. The predicted octanol–water partition coefficient (Wildman–Crippen LogP) is 2.31. The summed E-state index contributed by atoms with van der Waals surface area (Å²) in [6, 6.07) is 4.94. The highest BCUT2D eigenvalue weighted by molar-refractivity contribution is 6.76. The van der Waals surface area contributed by atoms with Crippen LogP contribution in [0.15, 0.2) is 18.3 Å². The van der Waals surface area contributed by atoms with E-state index in [4.69, 9.17) is 9.47 Å². The number of esters is 1. The van der Waals surface area contributed by atoms with E-state index in [0.29, 0.717) is 12.3 Å². The van der Waals surface area contributed by atoms with Gasteiger partial charge in [-0.05, 0) is 30.0 Å². The SMILES string of the molecule is Bc1ccc(C(=O)OC)c2c1c(C)cn2COCC[Si](C)(C)C. The van der Waals surface area contributed by atoms with Gasteiger partial charge in [0.2, 0.25) is 0 Å². The van der Waals surface area contributed by atoms with E-state index in [1.165, 1.54) is 7.11 Å². The number of hydrogen-bond donors (Lipinski definition) is 0. The van der Waals surface area contributed by atoms with Crippen molar-refractivity contribution in [2.45, 2.75) is 39.3 Å². The van der Waals surface area contributed by atoms with Gasteiger partial charge < -0.3 is 14.0 Å². The summed E-state index contributed by atoms with van der Waals surface area (Å²) >= 11 is 0. The van der Waals surface area contributed by atoms with Crippen LogP contribution in [-0.2, 0) is 16.2 Å². The van der Waals surface area contributed by atoms with Gasteiger partial charge in [0.1, 0.15) is 14.6 Å². The zero-order valence-corrected chi connectivity index (χ0v) is 16.0. The minimum atomic E-state index is -1.10. The van der Waals surface area contributed by atoms with Crippen molar-refractivity contribution >= 4 is 38.3 Å². The second-order valence-corrected chi connectivity index (χ2v) is 12.9. The maximum Gasteiger partial charge on any atom is 0.340 e. The molecule has 0 saturated heterocycles. The fraction of sp³-hybridized carbons (Fsp3) is 0.471. The molecule has 124 valence electrons. The summed E-state index contributed by atoms with van der Waals surface area (Å²) in [5.41, 5.74) is 3.81. The Morgan fingerprint density at radius 2 is 2.00 bits per heavy atom. The Morgan fingerprint density at radius 1 is 1.30 bits per heavy atom. The summed E-state index contributed by atoms with van der Waals surface area (Å²) in [5, 5.41) is 1.11. The molecule has 1 aromatic carbocycles. The van der Waals surface area contributed by atoms with Gasteiger partial charge in [-0.15, -0.1) is 0 Å². The molecular formula is C17H26BNO3Si. The van der Waals surface area contributed by atoms with Crippen molar-refractivity contribution in [3.63, 3.8) is 0 Å². The molecule has 0 aliphatic rings. The number of ether oxygens (including phenoxy) is 2. The van der Waals surface area contributed by atoms with E-state index in [2.05, 4.69) is 40.6 Å². The molecule has 0 aliphatic heterocycles. The number of aromatic nitrogens is 1.